The number of hydrogen-bond acceptors (Lipinski definition) is 14. The number of sulfonamides is 1. The molecule has 7 N–H and O–H groups in total. The molecule has 0 radical (unpaired) electrons. The molecule has 2 aliphatic heterocycles. The number of urea groups is 1. The minimum Gasteiger partial charge on any atom is -0.459 e. The summed E-state index contributed by atoms with van der Waals surface area (Å²) in [5.74, 6) is -3.42. The molecule has 332 valence electrons. The van der Waals surface area contributed by atoms with Crippen molar-refractivity contribution in [3.8, 4) is 0 Å². The summed E-state index contributed by atoms with van der Waals surface area (Å²) in [6, 6.07) is 8.01. The summed E-state index contributed by atoms with van der Waals surface area (Å²) in [7, 11) is -0.359. The predicted molar refractivity (Wildman–Crippen MR) is 220 cm³/mol. The number of benzene rings is 1. The zero-order valence-corrected chi connectivity index (χ0v) is 36.5. The van der Waals surface area contributed by atoms with Crippen LogP contribution in [-0.4, -0.2) is 148 Å². The SMILES string of the molecule is CC[C@H]1OC(=O)[C@H](C)[C@@H](O)[C@H](C)[C@@H](O[C@@H]2O[C@H](C)C[C@H](N(C)C)[C@H]2O)[C@](C)(O)C[C@@H](C)CN(C(=O)Nc2ccc(S(=O)(=O)Nc3ccccn3)cc2)[C@H](C)[C@@H](O)[C@]1(C)O. The fourth-order valence-corrected chi connectivity index (χ4v) is 9.32. The number of nitrogens with one attached hydrogen (secondary N) is 2. The fraction of sp³-hybridized carbons (Fsp3) is 0.683. The minimum absolute atomic E-state index is 0.0422. The van der Waals surface area contributed by atoms with Crippen LogP contribution in [0.5, 0.6) is 0 Å². The molecule has 59 heavy (non-hydrogen) atoms. The van der Waals surface area contributed by atoms with Gasteiger partial charge >= 0.3 is 12.0 Å². The summed E-state index contributed by atoms with van der Waals surface area (Å²) >= 11 is 0. The van der Waals surface area contributed by atoms with Gasteiger partial charge in [-0.2, -0.15) is 0 Å². The van der Waals surface area contributed by atoms with E-state index in [0.29, 0.717) is 6.42 Å². The van der Waals surface area contributed by atoms with Crippen molar-refractivity contribution in [2.75, 3.05) is 30.7 Å². The van der Waals surface area contributed by atoms with E-state index in [9.17, 15) is 43.5 Å². The second kappa shape index (κ2) is 19.5. The minimum atomic E-state index is -4.01. The lowest BCUT2D eigenvalue weighted by Gasteiger charge is -2.46. The zero-order chi connectivity index (χ0) is 44.2. The number of aliphatic hydroxyl groups excluding tert-OH is 3. The number of pyridine rings is 1. The highest BCUT2D eigenvalue weighted by Crippen LogP contribution is 2.37. The fourth-order valence-electron chi connectivity index (χ4n) is 8.31. The Kier molecular flexibility index (Phi) is 15.9. The van der Waals surface area contributed by atoms with E-state index in [1.165, 1.54) is 69.1 Å². The van der Waals surface area contributed by atoms with Gasteiger partial charge in [0.15, 0.2) is 6.29 Å². The number of amides is 2. The predicted octanol–water partition coefficient (Wildman–Crippen LogP) is 2.77. The molecule has 18 heteroatoms. The van der Waals surface area contributed by atoms with Crippen LogP contribution in [0, 0.1) is 17.8 Å². The van der Waals surface area contributed by atoms with Crippen LogP contribution in [0.25, 0.3) is 0 Å². The molecule has 0 aliphatic carbocycles. The third-order valence-corrected chi connectivity index (χ3v) is 13.1. The van der Waals surface area contributed by atoms with Gasteiger partial charge < -0.3 is 54.9 Å². The van der Waals surface area contributed by atoms with Crippen LogP contribution in [0.3, 0.4) is 0 Å². The first-order valence-electron chi connectivity index (χ1n) is 20.2. The molecule has 0 saturated carbocycles. The van der Waals surface area contributed by atoms with E-state index in [0.717, 1.165) is 0 Å². The average molecular weight is 852 g/mol. The molecule has 0 unspecified atom stereocenters. The highest BCUT2D eigenvalue weighted by Gasteiger charge is 2.50. The molecule has 0 bridgehead atoms. The molecule has 3 heterocycles. The topological polar surface area (TPSA) is 241 Å². The van der Waals surface area contributed by atoms with Gasteiger partial charge in [0.2, 0.25) is 0 Å². The van der Waals surface area contributed by atoms with Gasteiger partial charge in [0.1, 0.15) is 29.7 Å². The van der Waals surface area contributed by atoms with E-state index in [-0.39, 0.29) is 47.9 Å². The maximum absolute atomic E-state index is 14.2. The Labute approximate surface area is 348 Å². The Balaban J connectivity index is 1.70. The molecule has 1 aromatic heterocycles. The summed E-state index contributed by atoms with van der Waals surface area (Å²) in [6.07, 6.45) is -6.29. The number of anilines is 2. The number of cyclic esters (lactones) is 1. The van der Waals surface area contributed by atoms with E-state index in [1.54, 1.807) is 32.9 Å². The summed E-state index contributed by atoms with van der Waals surface area (Å²) in [4.78, 5) is 34.9. The van der Waals surface area contributed by atoms with Crippen LogP contribution in [-0.2, 0) is 29.0 Å². The van der Waals surface area contributed by atoms with Crippen molar-refractivity contribution >= 4 is 33.5 Å². The monoisotopic (exact) mass is 851 g/mol. The summed E-state index contributed by atoms with van der Waals surface area (Å²) < 4.78 is 46.7. The maximum Gasteiger partial charge on any atom is 0.322 e. The molecule has 14 atom stereocenters. The van der Waals surface area contributed by atoms with Gasteiger partial charge in [-0.1, -0.05) is 26.8 Å². The van der Waals surface area contributed by atoms with Gasteiger partial charge in [-0.15, -0.1) is 0 Å². The number of carbonyl (C=O) groups is 2. The molecular formula is C41H65N5O12S. The molecule has 4 rings (SSSR count). The summed E-state index contributed by atoms with van der Waals surface area (Å²) in [6.45, 7) is 12.6. The molecule has 2 aliphatic rings. The Morgan fingerprint density at radius 3 is 2.24 bits per heavy atom. The van der Waals surface area contributed by atoms with E-state index >= 15 is 0 Å². The average Bonchev–Trinajstić information content (AvgIpc) is 3.17. The first kappa shape index (κ1) is 48.2. The Morgan fingerprint density at radius 2 is 1.66 bits per heavy atom. The van der Waals surface area contributed by atoms with Crippen molar-refractivity contribution in [2.45, 2.75) is 146 Å². The Bertz CT molecular complexity index is 1800. The quantitative estimate of drug-likeness (QED) is 0.189. The van der Waals surface area contributed by atoms with Gasteiger partial charge in [0, 0.05) is 30.4 Å². The van der Waals surface area contributed by atoms with Crippen molar-refractivity contribution < 1.29 is 57.8 Å². The highest BCUT2D eigenvalue weighted by atomic mass is 32.2. The number of rotatable bonds is 8. The second-order valence-corrected chi connectivity index (χ2v) is 18.8. The van der Waals surface area contributed by atoms with Crippen LogP contribution >= 0.6 is 0 Å². The van der Waals surface area contributed by atoms with Crippen LogP contribution in [0.4, 0.5) is 16.3 Å². The molecule has 1 aromatic carbocycles. The molecule has 17 nitrogen and oxygen atoms in total. The molecular weight excluding hydrogens is 787 g/mol. The zero-order valence-electron chi connectivity index (χ0n) is 35.7. The van der Waals surface area contributed by atoms with Crippen LogP contribution in [0.2, 0.25) is 0 Å². The number of hydrogen-bond donors (Lipinski definition) is 7. The number of likely N-dealkylation sites (N-methyl/N-ethyl adjacent to an activating group) is 1. The summed E-state index contributed by atoms with van der Waals surface area (Å²) in [5, 5.41) is 61.7. The number of ether oxygens (including phenoxy) is 3. The molecule has 2 saturated heterocycles. The van der Waals surface area contributed by atoms with Crippen molar-refractivity contribution in [3.63, 3.8) is 0 Å². The van der Waals surface area contributed by atoms with Gasteiger partial charge in [0.05, 0.1) is 40.8 Å². The van der Waals surface area contributed by atoms with Crippen LogP contribution < -0.4 is 10.0 Å². The lowest BCUT2D eigenvalue weighted by Crippen LogP contribution is -2.61. The first-order chi connectivity index (χ1) is 27.4. The molecule has 2 aromatic rings. The number of aliphatic hydroxyl groups is 5. The Morgan fingerprint density at radius 1 is 1.02 bits per heavy atom. The van der Waals surface area contributed by atoms with Crippen molar-refractivity contribution in [1.29, 1.82) is 0 Å². The van der Waals surface area contributed by atoms with Gasteiger partial charge in [-0.25, -0.2) is 18.2 Å². The number of esters is 1. The number of aromatic nitrogens is 1. The normalized spacial score (nSPS) is 36.9. The van der Waals surface area contributed by atoms with Crippen molar-refractivity contribution in [1.82, 2.24) is 14.8 Å². The van der Waals surface area contributed by atoms with E-state index < -0.39 is 93.8 Å². The lowest BCUT2D eigenvalue weighted by atomic mass is 9.78. The third kappa shape index (κ3) is 11.5. The number of nitrogens with zero attached hydrogens (tertiary/aromatic N) is 3. The van der Waals surface area contributed by atoms with E-state index in [4.69, 9.17) is 14.2 Å². The van der Waals surface area contributed by atoms with Gasteiger partial charge in [-0.05, 0) is 110 Å². The number of carbonyl (C=O) groups excluding carboxylic acids is 2. The van der Waals surface area contributed by atoms with Crippen molar-refractivity contribution in [3.05, 3.63) is 48.7 Å². The van der Waals surface area contributed by atoms with Crippen LogP contribution in [0.15, 0.2) is 53.6 Å². The molecule has 2 amide bonds. The highest BCUT2D eigenvalue weighted by molar-refractivity contribution is 7.92. The summed E-state index contributed by atoms with van der Waals surface area (Å²) in [5.41, 5.74) is -3.64. The third-order valence-electron chi connectivity index (χ3n) is 11.7. The first-order valence-corrected chi connectivity index (χ1v) is 21.7. The maximum atomic E-state index is 14.2. The van der Waals surface area contributed by atoms with E-state index in [2.05, 4.69) is 15.0 Å². The molecule has 0 spiro atoms. The smallest absolute Gasteiger partial charge is 0.322 e. The van der Waals surface area contributed by atoms with Crippen molar-refractivity contribution in [2.24, 2.45) is 17.8 Å². The van der Waals surface area contributed by atoms with Gasteiger partial charge in [0.25, 0.3) is 10.0 Å². The Hall–Kier alpha value is -3.46. The van der Waals surface area contributed by atoms with Gasteiger partial charge in [-0.3, -0.25) is 9.52 Å². The second-order valence-electron chi connectivity index (χ2n) is 17.1. The standard InChI is InChI=1S/C41H65N5O12S/c1-11-31-41(8,53)35(49)27(6)46(39(51)43-28-15-17-29(18-16-28)59(54,55)44-32-14-12-13-19-42-32)22-23(2)21-40(7,52)36(25(4)33(47)26(5)37(50)57-31)58-38-34(48)30(45(9)10)20-24(3)56-38/h12-19,23-27,30-31,33-36,38,47-49,52-53H,11,20-22H2,1-10H3,(H,42,44)(H,43,51)/t23-,24-,25+,26-,27-,30+,31-,33+,34-,35-,36-,38+,40-,41-/m1/s1. The van der Waals surface area contributed by atoms with Crippen LogP contribution in [0.1, 0.15) is 74.7 Å². The lowest BCUT2D eigenvalue weighted by molar-refractivity contribution is -0.299. The molecule has 2 fully saturated rings. The van der Waals surface area contributed by atoms with E-state index in [1.807, 2.05) is 25.9 Å². The largest absolute Gasteiger partial charge is 0.459 e.